The van der Waals surface area contributed by atoms with Gasteiger partial charge in [0.15, 0.2) is 6.10 Å². The number of carboxylic acid groups (broad SMARTS) is 1. The Bertz CT molecular complexity index is 299. The summed E-state index contributed by atoms with van der Waals surface area (Å²) in [5.74, 6) is -1.11. The fourth-order valence-electron chi connectivity index (χ4n) is 1.32. The van der Waals surface area contributed by atoms with Crippen LogP contribution in [-0.4, -0.2) is 17.2 Å². The minimum atomic E-state index is -0.948. The molecule has 76 valence electrons. The summed E-state index contributed by atoms with van der Waals surface area (Å²) in [4.78, 5) is 10.8. The Morgan fingerprint density at radius 1 is 1.43 bits per heavy atom. The third-order valence-corrected chi connectivity index (χ3v) is 2.46. The lowest BCUT2D eigenvalue weighted by Crippen LogP contribution is -2.26. The summed E-state index contributed by atoms with van der Waals surface area (Å²) in [6, 6.07) is 9.45. The smallest absolute Gasteiger partial charge is 0.333 e. The van der Waals surface area contributed by atoms with Gasteiger partial charge in [0, 0.05) is 15.4 Å². The summed E-state index contributed by atoms with van der Waals surface area (Å²) >= 11 is 0. The van der Waals surface area contributed by atoms with Gasteiger partial charge in [-0.05, 0) is 5.56 Å². The van der Waals surface area contributed by atoms with Crippen molar-refractivity contribution < 1.29 is 14.4 Å². The van der Waals surface area contributed by atoms with Gasteiger partial charge in [0.2, 0.25) is 0 Å². The Morgan fingerprint density at radius 3 is 2.43 bits per heavy atom. The van der Waals surface area contributed by atoms with Crippen molar-refractivity contribution in [1.82, 2.24) is 0 Å². The van der Waals surface area contributed by atoms with Crippen molar-refractivity contribution in [2.45, 2.75) is 18.9 Å². The van der Waals surface area contributed by atoms with E-state index in [4.69, 9.17) is 9.63 Å². The molecule has 0 spiro atoms. The average Bonchev–Trinajstić information content (AvgIpc) is 2.19. The van der Waals surface area contributed by atoms with E-state index in [0.717, 1.165) is 5.56 Å². The number of benzene rings is 1. The molecule has 1 aromatic carbocycles. The van der Waals surface area contributed by atoms with Crippen molar-refractivity contribution in [2.75, 3.05) is 0 Å². The summed E-state index contributed by atoms with van der Waals surface area (Å²) in [5, 5.41) is 8.87. The summed E-state index contributed by atoms with van der Waals surface area (Å²) in [6.07, 6.45) is -0.817. The van der Waals surface area contributed by atoms with E-state index in [1.165, 1.54) is 0 Å². The van der Waals surface area contributed by atoms with Gasteiger partial charge in [0.1, 0.15) is 0 Å². The molecule has 0 fully saturated rings. The van der Waals surface area contributed by atoms with Gasteiger partial charge in [-0.15, -0.1) is 0 Å². The largest absolute Gasteiger partial charge is 0.479 e. The van der Waals surface area contributed by atoms with Crippen LogP contribution in [0, 0.1) is 0 Å². The molecule has 1 aromatic rings. The standard InChI is InChI=1S/C10H13O3P/c1-7(9(13-14)10(11)12)8-5-3-2-4-6-8/h2-7,9H,14H2,1H3,(H,11,12)/t7-,9+/m0/s1. The SMILES string of the molecule is C[C@@H](c1ccccc1)[C@@H](OP)C(=O)O. The van der Waals surface area contributed by atoms with Crippen LogP contribution in [0.1, 0.15) is 18.4 Å². The number of hydrogen-bond acceptors (Lipinski definition) is 2. The fourth-order valence-corrected chi connectivity index (χ4v) is 1.67. The number of carbonyl (C=O) groups is 1. The van der Waals surface area contributed by atoms with Gasteiger partial charge in [-0.1, -0.05) is 37.3 Å². The molecule has 3 atom stereocenters. The molecule has 1 rings (SSSR count). The molecule has 0 aliphatic heterocycles. The Balaban J connectivity index is 2.83. The highest BCUT2D eigenvalue weighted by atomic mass is 31.0. The summed E-state index contributed by atoms with van der Waals surface area (Å²) < 4.78 is 4.85. The number of carboxylic acids is 1. The minimum absolute atomic E-state index is 0.161. The van der Waals surface area contributed by atoms with Crippen LogP contribution in [0.3, 0.4) is 0 Å². The monoisotopic (exact) mass is 212 g/mol. The summed E-state index contributed by atoms with van der Waals surface area (Å²) in [7, 11) is 2.00. The van der Waals surface area contributed by atoms with Crippen molar-refractivity contribution in [3.8, 4) is 0 Å². The molecule has 0 aromatic heterocycles. The topological polar surface area (TPSA) is 46.5 Å². The van der Waals surface area contributed by atoms with E-state index in [-0.39, 0.29) is 5.92 Å². The Kier molecular flexibility index (Phi) is 4.05. The highest BCUT2D eigenvalue weighted by Crippen LogP contribution is 2.22. The molecule has 0 radical (unpaired) electrons. The molecule has 0 saturated carbocycles. The summed E-state index contributed by atoms with van der Waals surface area (Å²) in [5.41, 5.74) is 0.961. The molecule has 1 unspecified atom stereocenters. The van der Waals surface area contributed by atoms with Crippen LogP contribution >= 0.6 is 9.47 Å². The van der Waals surface area contributed by atoms with Crippen LogP contribution in [0.5, 0.6) is 0 Å². The van der Waals surface area contributed by atoms with Crippen molar-refractivity contribution in [3.05, 3.63) is 35.9 Å². The van der Waals surface area contributed by atoms with Crippen LogP contribution in [0.25, 0.3) is 0 Å². The lowest BCUT2D eigenvalue weighted by molar-refractivity contribution is -0.145. The van der Waals surface area contributed by atoms with Gasteiger partial charge in [-0.3, -0.25) is 0 Å². The van der Waals surface area contributed by atoms with E-state index in [1.54, 1.807) is 0 Å². The highest BCUT2D eigenvalue weighted by molar-refractivity contribution is 7.09. The molecule has 0 bridgehead atoms. The molecule has 14 heavy (non-hydrogen) atoms. The highest BCUT2D eigenvalue weighted by Gasteiger charge is 2.25. The lowest BCUT2D eigenvalue weighted by Gasteiger charge is -2.18. The Labute approximate surface area is 85.4 Å². The molecule has 0 aliphatic rings. The molecular weight excluding hydrogens is 199 g/mol. The summed E-state index contributed by atoms with van der Waals surface area (Å²) in [6.45, 7) is 1.83. The van der Waals surface area contributed by atoms with Crippen molar-refractivity contribution in [3.63, 3.8) is 0 Å². The van der Waals surface area contributed by atoms with E-state index in [9.17, 15) is 4.79 Å². The maximum absolute atomic E-state index is 10.8. The second kappa shape index (κ2) is 5.08. The zero-order chi connectivity index (χ0) is 10.6. The predicted molar refractivity (Wildman–Crippen MR) is 57.1 cm³/mol. The van der Waals surface area contributed by atoms with Gasteiger partial charge >= 0.3 is 5.97 Å². The van der Waals surface area contributed by atoms with Crippen molar-refractivity contribution >= 4 is 15.4 Å². The maximum atomic E-state index is 10.8. The Morgan fingerprint density at radius 2 is 2.00 bits per heavy atom. The van der Waals surface area contributed by atoms with Gasteiger partial charge in [0.05, 0.1) is 0 Å². The molecule has 4 heteroatoms. The third-order valence-electron chi connectivity index (χ3n) is 2.17. The Hall–Kier alpha value is -0.920. The quantitative estimate of drug-likeness (QED) is 0.777. The van der Waals surface area contributed by atoms with Crippen molar-refractivity contribution in [2.24, 2.45) is 0 Å². The van der Waals surface area contributed by atoms with E-state index >= 15 is 0 Å². The maximum Gasteiger partial charge on any atom is 0.333 e. The first-order chi connectivity index (χ1) is 6.66. The average molecular weight is 212 g/mol. The van der Waals surface area contributed by atoms with Gasteiger partial charge in [-0.25, -0.2) is 4.79 Å². The molecule has 1 N–H and O–H groups in total. The van der Waals surface area contributed by atoms with E-state index in [2.05, 4.69) is 0 Å². The first-order valence-corrected chi connectivity index (χ1v) is 4.77. The molecule has 3 nitrogen and oxygen atoms in total. The van der Waals surface area contributed by atoms with Crippen LogP contribution in [-0.2, 0) is 9.32 Å². The van der Waals surface area contributed by atoms with Crippen LogP contribution in [0.4, 0.5) is 0 Å². The third kappa shape index (κ3) is 2.53. The lowest BCUT2D eigenvalue weighted by atomic mass is 9.96. The molecule has 0 aliphatic carbocycles. The van der Waals surface area contributed by atoms with E-state index in [1.807, 2.05) is 46.7 Å². The first kappa shape index (κ1) is 11.2. The van der Waals surface area contributed by atoms with Crippen LogP contribution in [0.2, 0.25) is 0 Å². The molecule has 0 saturated heterocycles. The number of rotatable bonds is 4. The van der Waals surface area contributed by atoms with E-state index < -0.39 is 12.1 Å². The van der Waals surface area contributed by atoms with Crippen molar-refractivity contribution in [1.29, 1.82) is 0 Å². The fraction of sp³-hybridized carbons (Fsp3) is 0.300. The van der Waals surface area contributed by atoms with Crippen LogP contribution < -0.4 is 0 Å². The van der Waals surface area contributed by atoms with Crippen LogP contribution in [0.15, 0.2) is 30.3 Å². The zero-order valence-corrected chi connectivity index (χ0v) is 9.04. The van der Waals surface area contributed by atoms with Gasteiger partial charge < -0.3 is 9.63 Å². The second-order valence-corrected chi connectivity index (χ2v) is 3.37. The molecule has 0 heterocycles. The minimum Gasteiger partial charge on any atom is -0.479 e. The first-order valence-electron chi connectivity index (χ1n) is 4.30. The zero-order valence-electron chi connectivity index (χ0n) is 7.88. The second-order valence-electron chi connectivity index (χ2n) is 3.09. The normalized spacial score (nSPS) is 14.7. The van der Waals surface area contributed by atoms with E-state index in [0.29, 0.717) is 0 Å². The molecular formula is C10H13O3P. The predicted octanol–water partition coefficient (Wildman–Crippen LogP) is 2.05. The van der Waals surface area contributed by atoms with Gasteiger partial charge in [0.25, 0.3) is 0 Å². The number of aliphatic carboxylic acids is 1. The van der Waals surface area contributed by atoms with Gasteiger partial charge in [-0.2, -0.15) is 0 Å². The number of hydrogen-bond donors (Lipinski definition) is 1. The molecule has 0 amide bonds.